The Hall–Kier alpha value is -2.73. The van der Waals surface area contributed by atoms with E-state index in [1.807, 2.05) is 6.07 Å². The Morgan fingerprint density at radius 1 is 1.16 bits per heavy atom. The Kier molecular flexibility index (Phi) is 6.66. The van der Waals surface area contributed by atoms with Crippen LogP contribution in [0.1, 0.15) is 64.4 Å². The molecule has 0 radical (unpaired) electrons. The van der Waals surface area contributed by atoms with Gasteiger partial charge in [-0.1, -0.05) is 24.6 Å². The molecule has 0 aliphatic carbocycles. The minimum atomic E-state index is -0.291. The van der Waals surface area contributed by atoms with Gasteiger partial charge in [-0.25, -0.2) is 4.39 Å². The maximum absolute atomic E-state index is 13.1. The molecule has 1 saturated heterocycles. The van der Waals surface area contributed by atoms with Crippen molar-refractivity contribution in [2.75, 3.05) is 19.6 Å². The third-order valence-corrected chi connectivity index (χ3v) is 6.39. The second-order valence-corrected chi connectivity index (χ2v) is 8.65. The lowest BCUT2D eigenvalue weighted by atomic mass is 10.0. The van der Waals surface area contributed by atoms with Crippen LogP contribution in [-0.2, 0) is 13.1 Å². The number of carbonyl (C=O) groups is 2. The average molecular weight is 424 g/mol. The minimum Gasteiger partial charge on any atom is -0.352 e. The van der Waals surface area contributed by atoms with E-state index in [2.05, 4.69) is 17.1 Å². The van der Waals surface area contributed by atoms with E-state index < -0.39 is 0 Å². The summed E-state index contributed by atoms with van der Waals surface area (Å²) in [5, 5.41) is 2.99. The fourth-order valence-electron chi connectivity index (χ4n) is 4.52. The Morgan fingerprint density at radius 2 is 1.97 bits per heavy atom. The van der Waals surface area contributed by atoms with Gasteiger partial charge in [0.15, 0.2) is 0 Å². The van der Waals surface area contributed by atoms with Gasteiger partial charge in [0.05, 0.1) is 0 Å². The van der Waals surface area contributed by atoms with Crippen LogP contribution in [0.3, 0.4) is 0 Å². The molecule has 0 aromatic heterocycles. The summed E-state index contributed by atoms with van der Waals surface area (Å²) in [7, 11) is 0. The summed E-state index contributed by atoms with van der Waals surface area (Å²) in [6.45, 7) is 5.98. The Morgan fingerprint density at radius 3 is 2.74 bits per heavy atom. The van der Waals surface area contributed by atoms with Gasteiger partial charge < -0.3 is 15.1 Å². The van der Waals surface area contributed by atoms with Crippen molar-refractivity contribution in [2.24, 2.45) is 0 Å². The molecule has 1 fully saturated rings. The van der Waals surface area contributed by atoms with Crippen LogP contribution < -0.4 is 5.32 Å². The molecule has 1 unspecified atom stereocenters. The molecule has 2 aliphatic heterocycles. The zero-order chi connectivity index (χ0) is 21.8. The van der Waals surface area contributed by atoms with E-state index in [-0.39, 0.29) is 17.6 Å². The summed E-state index contributed by atoms with van der Waals surface area (Å²) < 4.78 is 13.1. The molecule has 0 bridgehead atoms. The number of benzene rings is 2. The molecule has 4 rings (SSSR count). The number of hydrogen-bond acceptors (Lipinski definition) is 3. The third kappa shape index (κ3) is 5.13. The lowest BCUT2D eigenvalue weighted by Crippen LogP contribution is -2.39. The van der Waals surface area contributed by atoms with Crippen LogP contribution >= 0.6 is 0 Å². The van der Waals surface area contributed by atoms with Crippen LogP contribution in [-0.4, -0.2) is 47.3 Å². The van der Waals surface area contributed by atoms with Crippen LogP contribution in [0.4, 0.5) is 4.39 Å². The molecule has 2 aliphatic rings. The van der Waals surface area contributed by atoms with Crippen LogP contribution in [0.25, 0.3) is 0 Å². The zero-order valence-electron chi connectivity index (χ0n) is 18.1. The number of fused-ring (bicyclic) bond motifs is 1. The summed E-state index contributed by atoms with van der Waals surface area (Å²) in [5.41, 5.74) is 2.89. The fraction of sp³-hybridized carbons (Fsp3) is 0.440. The van der Waals surface area contributed by atoms with E-state index in [1.165, 1.54) is 31.4 Å². The molecule has 0 saturated carbocycles. The number of rotatable bonds is 7. The van der Waals surface area contributed by atoms with E-state index in [0.717, 1.165) is 30.6 Å². The second-order valence-electron chi connectivity index (χ2n) is 8.65. The van der Waals surface area contributed by atoms with Gasteiger partial charge in [0.1, 0.15) is 5.82 Å². The molecule has 2 heterocycles. The number of carbonyl (C=O) groups excluding carboxylic acids is 2. The maximum atomic E-state index is 13.1. The smallest absolute Gasteiger partial charge is 0.254 e. The third-order valence-electron chi connectivity index (χ3n) is 6.39. The molecule has 2 amide bonds. The minimum absolute atomic E-state index is 0.0898. The number of hydrogen-bond donors (Lipinski definition) is 1. The standard InChI is InChI=1S/C25H30FN3O2/c1-18-5-2-3-13-28(18)14-4-12-27-24(30)20-8-9-21-17-29(25(31)23(21)15-20)16-19-6-10-22(26)11-7-19/h6-11,15,18H,2-5,12-14,16-17H2,1H3,(H,27,30). The van der Waals surface area contributed by atoms with Gasteiger partial charge in [0.25, 0.3) is 11.8 Å². The van der Waals surface area contributed by atoms with Crippen LogP contribution in [0.5, 0.6) is 0 Å². The summed E-state index contributed by atoms with van der Waals surface area (Å²) >= 11 is 0. The number of amides is 2. The molecule has 31 heavy (non-hydrogen) atoms. The number of halogens is 1. The first-order chi connectivity index (χ1) is 15.0. The molecular weight excluding hydrogens is 393 g/mol. The summed E-state index contributed by atoms with van der Waals surface area (Å²) in [6.07, 6.45) is 4.75. The Labute approximate surface area is 183 Å². The lowest BCUT2D eigenvalue weighted by Gasteiger charge is -2.33. The summed E-state index contributed by atoms with van der Waals surface area (Å²) in [6, 6.07) is 12.2. The van der Waals surface area contributed by atoms with Gasteiger partial charge in [-0.3, -0.25) is 9.59 Å². The van der Waals surface area contributed by atoms with Gasteiger partial charge >= 0.3 is 0 Å². The SMILES string of the molecule is CC1CCCCN1CCCNC(=O)c1ccc2c(c1)C(=O)N(Cc1ccc(F)cc1)C2. The predicted octanol–water partition coefficient (Wildman–Crippen LogP) is 3.98. The maximum Gasteiger partial charge on any atom is 0.254 e. The molecule has 6 heteroatoms. The van der Waals surface area contributed by atoms with E-state index >= 15 is 0 Å². The number of likely N-dealkylation sites (tertiary alicyclic amines) is 1. The van der Waals surface area contributed by atoms with Crippen molar-refractivity contribution in [1.82, 2.24) is 15.1 Å². The van der Waals surface area contributed by atoms with E-state index in [0.29, 0.717) is 36.8 Å². The van der Waals surface area contributed by atoms with Gasteiger partial charge in [-0.15, -0.1) is 0 Å². The van der Waals surface area contributed by atoms with Crippen molar-refractivity contribution in [1.29, 1.82) is 0 Å². The molecule has 1 N–H and O–H groups in total. The van der Waals surface area contributed by atoms with Gasteiger partial charge in [-0.05, 0) is 68.1 Å². The highest BCUT2D eigenvalue weighted by Crippen LogP contribution is 2.25. The summed E-state index contributed by atoms with van der Waals surface area (Å²) in [5.74, 6) is -0.520. The average Bonchev–Trinajstić information content (AvgIpc) is 3.08. The predicted molar refractivity (Wildman–Crippen MR) is 118 cm³/mol. The van der Waals surface area contributed by atoms with Gasteiger partial charge in [0.2, 0.25) is 0 Å². The van der Waals surface area contributed by atoms with Crippen molar-refractivity contribution in [2.45, 2.75) is 51.7 Å². The lowest BCUT2D eigenvalue weighted by molar-refractivity contribution is 0.0766. The van der Waals surface area contributed by atoms with Crippen molar-refractivity contribution in [3.63, 3.8) is 0 Å². The highest BCUT2D eigenvalue weighted by molar-refractivity contribution is 6.02. The van der Waals surface area contributed by atoms with E-state index in [1.54, 1.807) is 29.2 Å². The molecule has 1 atom stereocenters. The highest BCUT2D eigenvalue weighted by atomic mass is 19.1. The molecule has 164 valence electrons. The molecule has 0 spiro atoms. The fourth-order valence-corrected chi connectivity index (χ4v) is 4.52. The zero-order valence-corrected chi connectivity index (χ0v) is 18.1. The Balaban J connectivity index is 1.30. The van der Waals surface area contributed by atoms with Crippen molar-refractivity contribution in [3.05, 3.63) is 70.5 Å². The quantitative estimate of drug-likeness (QED) is 0.686. The topological polar surface area (TPSA) is 52.7 Å². The summed E-state index contributed by atoms with van der Waals surface area (Å²) in [4.78, 5) is 29.6. The van der Waals surface area contributed by atoms with Crippen molar-refractivity contribution >= 4 is 11.8 Å². The van der Waals surface area contributed by atoms with E-state index in [9.17, 15) is 14.0 Å². The van der Waals surface area contributed by atoms with Crippen molar-refractivity contribution < 1.29 is 14.0 Å². The number of nitrogens with one attached hydrogen (secondary N) is 1. The first-order valence-corrected chi connectivity index (χ1v) is 11.2. The van der Waals surface area contributed by atoms with Gasteiger partial charge in [0, 0.05) is 43.3 Å². The Bertz CT molecular complexity index is 944. The largest absolute Gasteiger partial charge is 0.352 e. The normalized spacial score (nSPS) is 18.8. The first kappa shape index (κ1) is 21.5. The molecule has 5 nitrogen and oxygen atoms in total. The van der Waals surface area contributed by atoms with Crippen LogP contribution in [0, 0.1) is 5.82 Å². The molecular formula is C25H30FN3O2. The highest BCUT2D eigenvalue weighted by Gasteiger charge is 2.28. The van der Waals surface area contributed by atoms with Crippen LogP contribution in [0.2, 0.25) is 0 Å². The van der Waals surface area contributed by atoms with Crippen molar-refractivity contribution in [3.8, 4) is 0 Å². The number of piperidine rings is 1. The van der Waals surface area contributed by atoms with Gasteiger partial charge in [-0.2, -0.15) is 0 Å². The molecule has 2 aromatic carbocycles. The molecule has 2 aromatic rings. The first-order valence-electron chi connectivity index (χ1n) is 11.2. The monoisotopic (exact) mass is 423 g/mol. The number of nitrogens with zero attached hydrogens (tertiary/aromatic N) is 2. The van der Waals surface area contributed by atoms with Crippen LogP contribution in [0.15, 0.2) is 42.5 Å². The second kappa shape index (κ2) is 9.60. The van der Waals surface area contributed by atoms with E-state index in [4.69, 9.17) is 0 Å².